The number of amides is 1. The van der Waals surface area contributed by atoms with Gasteiger partial charge in [0.15, 0.2) is 0 Å². The van der Waals surface area contributed by atoms with Gasteiger partial charge in [-0.3, -0.25) is 9.69 Å². The number of nitrogens with zero attached hydrogens (tertiary/aromatic N) is 3. The van der Waals surface area contributed by atoms with Crippen molar-refractivity contribution < 1.29 is 9.53 Å². The number of anilines is 2. The van der Waals surface area contributed by atoms with E-state index < -0.39 is 0 Å². The molecule has 1 atom stereocenters. The molecule has 3 heterocycles. The van der Waals surface area contributed by atoms with E-state index in [9.17, 15) is 4.79 Å². The van der Waals surface area contributed by atoms with Crippen molar-refractivity contribution in [1.82, 2.24) is 15.3 Å². The second-order valence-corrected chi connectivity index (χ2v) is 8.09. The SMILES string of the molecule is CC(C)Nc1nccc(N(CC2CCCNC2)C(=O)c2ccc3c(c2)CCO3)n1. The molecule has 2 aliphatic heterocycles. The zero-order valence-electron chi connectivity index (χ0n) is 17.1. The Bertz CT molecular complexity index is 864. The maximum atomic E-state index is 13.5. The number of hydrogen-bond acceptors (Lipinski definition) is 6. The summed E-state index contributed by atoms with van der Waals surface area (Å²) in [5.41, 5.74) is 1.77. The predicted octanol–water partition coefficient (Wildman–Crippen LogP) is 2.88. The van der Waals surface area contributed by atoms with E-state index in [0.29, 0.717) is 36.4 Å². The van der Waals surface area contributed by atoms with E-state index in [1.165, 1.54) is 0 Å². The van der Waals surface area contributed by atoms with E-state index in [-0.39, 0.29) is 11.9 Å². The lowest BCUT2D eigenvalue weighted by Gasteiger charge is -2.30. The zero-order chi connectivity index (χ0) is 20.2. The van der Waals surface area contributed by atoms with Gasteiger partial charge in [0, 0.05) is 30.8 Å². The Labute approximate surface area is 171 Å². The van der Waals surface area contributed by atoms with Crippen molar-refractivity contribution in [1.29, 1.82) is 0 Å². The monoisotopic (exact) mass is 395 g/mol. The van der Waals surface area contributed by atoms with Crippen molar-refractivity contribution in [2.24, 2.45) is 5.92 Å². The lowest BCUT2D eigenvalue weighted by molar-refractivity contribution is 0.0980. The molecule has 1 aromatic carbocycles. The van der Waals surface area contributed by atoms with Crippen molar-refractivity contribution in [3.05, 3.63) is 41.6 Å². The van der Waals surface area contributed by atoms with Gasteiger partial charge in [0.05, 0.1) is 6.61 Å². The molecule has 154 valence electrons. The number of nitrogens with one attached hydrogen (secondary N) is 2. The number of benzene rings is 1. The molecule has 1 saturated heterocycles. The van der Waals surface area contributed by atoms with Gasteiger partial charge < -0.3 is 15.4 Å². The van der Waals surface area contributed by atoms with Crippen LogP contribution in [0.4, 0.5) is 11.8 Å². The molecule has 4 rings (SSSR count). The number of fused-ring (bicyclic) bond motifs is 1. The van der Waals surface area contributed by atoms with E-state index in [1.54, 1.807) is 6.20 Å². The summed E-state index contributed by atoms with van der Waals surface area (Å²) < 4.78 is 5.59. The summed E-state index contributed by atoms with van der Waals surface area (Å²) in [7, 11) is 0. The van der Waals surface area contributed by atoms with Crippen LogP contribution in [0.5, 0.6) is 5.75 Å². The van der Waals surface area contributed by atoms with Gasteiger partial charge in [-0.15, -0.1) is 0 Å². The number of carbonyl (C=O) groups is 1. The van der Waals surface area contributed by atoms with Gasteiger partial charge in [0.25, 0.3) is 5.91 Å². The normalized spacial score (nSPS) is 18.2. The average molecular weight is 396 g/mol. The molecule has 1 aromatic heterocycles. The number of hydrogen-bond donors (Lipinski definition) is 2. The minimum Gasteiger partial charge on any atom is -0.493 e. The van der Waals surface area contributed by atoms with E-state index in [1.807, 2.05) is 43.0 Å². The van der Waals surface area contributed by atoms with Gasteiger partial charge in [0.1, 0.15) is 11.6 Å². The molecular formula is C22H29N5O2. The lowest BCUT2D eigenvalue weighted by Crippen LogP contribution is -2.41. The van der Waals surface area contributed by atoms with E-state index in [4.69, 9.17) is 4.74 Å². The fourth-order valence-electron chi connectivity index (χ4n) is 3.92. The highest BCUT2D eigenvalue weighted by Crippen LogP contribution is 2.28. The highest BCUT2D eigenvalue weighted by molar-refractivity contribution is 6.05. The van der Waals surface area contributed by atoms with Gasteiger partial charge in [-0.05, 0) is 75.5 Å². The number of rotatable bonds is 6. The molecule has 0 bridgehead atoms. The standard InChI is InChI=1S/C22H29N5O2/c1-15(2)25-22-24-10-7-20(26-22)27(14-16-4-3-9-23-13-16)21(28)18-5-6-19-17(12-18)8-11-29-19/h5-7,10,12,15-16,23H,3-4,8-9,11,13-14H2,1-2H3,(H,24,25,26). The van der Waals surface area contributed by atoms with E-state index in [0.717, 1.165) is 43.7 Å². The maximum Gasteiger partial charge on any atom is 0.259 e. The first-order chi connectivity index (χ1) is 14.1. The summed E-state index contributed by atoms with van der Waals surface area (Å²) in [6.45, 7) is 7.37. The molecule has 2 aromatic rings. The predicted molar refractivity (Wildman–Crippen MR) is 114 cm³/mol. The fourth-order valence-corrected chi connectivity index (χ4v) is 3.92. The van der Waals surface area contributed by atoms with Gasteiger partial charge >= 0.3 is 0 Å². The second-order valence-electron chi connectivity index (χ2n) is 8.09. The van der Waals surface area contributed by atoms with Crippen LogP contribution in [0.2, 0.25) is 0 Å². The highest BCUT2D eigenvalue weighted by Gasteiger charge is 2.26. The van der Waals surface area contributed by atoms with Crippen LogP contribution in [0.15, 0.2) is 30.5 Å². The molecule has 1 unspecified atom stereocenters. The quantitative estimate of drug-likeness (QED) is 0.783. The molecule has 7 heteroatoms. The molecule has 29 heavy (non-hydrogen) atoms. The molecule has 1 amide bonds. The summed E-state index contributed by atoms with van der Waals surface area (Å²) in [6, 6.07) is 7.75. The number of aromatic nitrogens is 2. The van der Waals surface area contributed by atoms with Crippen LogP contribution in [-0.2, 0) is 6.42 Å². The lowest BCUT2D eigenvalue weighted by atomic mass is 9.98. The number of ether oxygens (including phenoxy) is 1. The van der Waals surface area contributed by atoms with E-state index in [2.05, 4.69) is 20.6 Å². The molecule has 0 radical (unpaired) electrons. The molecular weight excluding hydrogens is 366 g/mol. The van der Waals surface area contributed by atoms with Crippen LogP contribution in [0, 0.1) is 5.92 Å². The van der Waals surface area contributed by atoms with Crippen LogP contribution in [0.25, 0.3) is 0 Å². The smallest absolute Gasteiger partial charge is 0.259 e. The van der Waals surface area contributed by atoms with Gasteiger partial charge in [-0.1, -0.05) is 0 Å². The first-order valence-electron chi connectivity index (χ1n) is 10.5. The van der Waals surface area contributed by atoms with Crippen LogP contribution in [0.1, 0.15) is 42.6 Å². The molecule has 7 nitrogen and oxygen atoms in total. The first-order valence-corrected chi connectivity index (χ1v) is 10.5. The minimum atomic E-state index is -0.0283. The topological polar surface area (TPSA) is 79.4 Å². The van der Waals surface area contributed by atoms with Crippen molar-refractivity contribution in [2.45, 2.75) is 39.2 Å². The number of piperidine rings is 1. The molecule has 0 spiro atoms. The fraction of sp³-hybridized carbons (Fsp3) is 0.500. The Morgan fingerprint density at radius 3 is 3.07 bits per heavy atom. The molecule has 2 N–H and O–H groups in total. The van der Waals surface area contributed by atoms with Crippen LogP contribution in [0.3, 0.4) is 0 Å². The van der Waals surface area contributed by atoms with Crippen molar-refractivity contribution >= 4 is 17.7 Å². The summed E-state index contributed by atoms with van der Waals surface area (Å²) >= 11 is 0. The van der Waals surface area contributed by atoms with Crippen molar-refractivity contribution in [3.63, 3.8) is 0 Å². The Hall–Kier alpha value is -2.67. The summed E-state index contributed by atoms with van der Waals surface area (Å²) in [5.74, 6) is 2.44. The van der Waals surface area contributed by atoms with Gasteiger partial charge in [0.2, 0.25) is 5.95 Å². The molecule has 0 saturated carbocycles. The van der Waals surface area contributed by atoms with Crippen LogP contribution in [-0.4, -0.2) is 48.2 Å². The second kappa shape index (κ2) is 8.78. The Balaban J connectivity index is 1.63. The van der Waals surface area contributed by atoms with Crippen molar-refractivity contribution in [2.75, 3.05) is 36.5 Å². The minimum absolute atomic E-state index is 0.0283. The zero-order valence-corrected chi connectivity index (χ0v) is 17.1. The Morgan fingerprint density at radius 1 is 1.38 bits per heavy atom. The third-order valence-electron chi connectivity index (χ3n) is 5.36. The third kappa shape index (κ3) is 4.67. The van der Waals surface area contributed by atoms with E-state index >= 15 is 0 Å². The largest absolute Gasteiger partial charge is 0.493 e. The molecule has 2 aliphatic rings. The molecule has 1 fully saturated rings. The summed E-state index contributed by atoms with van der Waals surface area (Å²) in [5, 5.41) is 6.67. The third-order valence-corrected chi connectivity index (χ3v) is 5.36. The average Bonchev–Trinajstić information content (AvgIpc) is 3.20. The maximum absolute atomic E-state index is 13.5. The highest BCUT2D eigenvalue weighted by atomic mass is 16.5. The van der Waals surface area contributed by atoms with Crippen LogP contribution >= 0.6 is 0 Å². The summed E-state index contributed by atoms with van der Waals surface area (Å²) in [6.07, 6.45) is 4.80. The van der Waals surface area contributed by atoms with Crippen molar-refractivity contribution in [3.8, 4) is 5.75 Å². The molecule has 0 aliphatic carbocycles. The van der Waals surface area contributed by atoms with Crippen LogP contribution < -0.4 is 20.3 Å². The number of carbonyl (C=O) groups excluding carboxylic acids is 1. The summed E-state index contributed by atoms with van der Waals surface area (Å²) in [4.78, 5) is 24.3. The van der Waals surface area contributed by atoms with Gasteiger partial charge in [-0.25, -0.2) is 4.98 Å². The Kier molecular flexibility index (Phi) is 5.94. The first kappa shape index (κ1) is 19.6. The Morgan fingerprint density at radius 2 is 2.28 bits per heavy atom. The van der Waals surface area contributed by atoms with Gasteiger partial charge in [-0.2, -0.15) is 4.98 Å².